The molecule has 6 nitrogen and oxygen atoms in total. The van der Waals surface area contributed by atoms with Gasteiger partial charge in [-0.15, -0.1) is 0 Å². The number of piperazine rings is 1. The predicted octanol–water partition coefficient (Wildman–Crippen LogP) is 2.59. The summed E-state index contributed by atoms with van der Waals surface area (Å²) < 4.78 is 18.9. The van der Waals surface area contributed by atoms with Crippen molar-refractivity contribution in [3.63, 3.8) is 0 Å². The number of aromatic nitrogens is 1. The maximum atomic E-state index is 14.0. The summed E-state index contributed by atoms with van der Waals surface area (Å²) in [6.45, 7) is 5.61. The molecule has 1 aromatic carbocycles. The molecule has 1 saturated heterocycles. The maximum absolute atomic E-state index is 14.0. The molecule has 0 N–H and O–H groups in total. The quantitative estimate of drug-likeness (QED) is 0.756. The van der Waals surface area contributed by atoms with E-state index in [2.05, 4.69) is 14.8 Å². The van der Waals surface area contributed by atoms with E-state index in [0.29, 0.717) is 29.8 Å². The molecule has 140 valence electrons. The highest BCUT2D eigenvalue weighted by molar-refractivity contribution is 5.89. The largest absolute Gasteiger partial charge is 0.462 e. The van der Waals surface area contributed by atoms with E-state index in [1.54, 1.807) is 19.1 Å². The summed E-state index contributed by atoms with van der Waals surface area (Å²) in [6, 6.07) is 10.0. The van der Waals surface area contributed by atoms with Crippen LogP contribution in [0, 0.1) is 17.1 Å². The summed E-state index contributed by atoms with van der Waals surface area (Å²) in [6.07, 6.45) is 1.53. The molecule has 0 saturated carbocycles. The van der Waals surface area contributed by atoms with Crippen molar-refractivity contribution in [2.75, 3.05) is 37.7 Å². The zero-order valence-electron chi connectivity index (χ0n) is 15.2. The highest BCUT2D eigenvalue weighted by Gasteiger charge is 2.19. The van der Waals surface area contributed by atoms with E-state index < -0.39 is 0 Å². The van der Waals surface area contributed by atoms with Crippen LogP contribution in [0.4, 0.5) is 10.2 Å². The Morgan fingerprint density at radius 1 is 1.26 bits per heavy atom. The average Bonchev–Trinajstić information content (AvgIpc) is 2.70. The second kappa shape index (κ2) is 8.60. The molecule has 0 amide bonds. The lowest BCUT2D eigenvalue weighted by molar-refractivity contribution is 0.0526. The molecule has 0 unspecified atom stereocenters. The second-order valence-corrected chi connectivity index (χ2v) is 6.31. The van der Waals surface area contributed by atoms with Gasteiger partial charge < -0.3 is 9.64 Å². The molecular formula is C20H21FN4O2. The third kappa shape index (κ3) is 4.60. The molecule has 27 heavy (non-hydrogen) atoms. The van der Waals surface area contributed by atoms with Crippen LogP contribution in [0.25, 0.3) is 0 Å². The van der Waals surface area contributed by atoms with Gasteiger partial charge in [-0.3, -0.25) is 4.90 Å². The first-order chi connectivity index (χ1) is 13.1. The van der Waals surface area contributed by atoms with Gasteiger partial charge >= 0.3 is 5.97 Å². The molecular weight excluding hydrogens is 347 g/mol. The number of hydrogen-bond donors (Lipinski definition) is 0. The van der Waals surface area contributed by atoms with Crippen molar-refractivity contribution in [3.05, 3.63) is 59.0 Å². The molecule has 1 aliphatic heterocycles. The monoisotopic (exact) mass is 368 g/mol. The minimum Gasteiger partial charge on any atom is -0.462 e. The van der Waals surface area contributed by atoms with E-state index >= 15 is 0 Å². The van der Waals surface area contributed by atoms with E-state index in [4.69, 9.17) is 10.00 Å². The van der Waals surface area contributed by atoms with Crippen molar-refractivity contribution in [2.45, 2.75) is 13.5 Å². The zero-order valence-corrected chi connectivity index (χ0v) is 15.2. The van der Waals surface area contributed by atoms with Crippen molar-refractivity contribution >= 4 is 11.8 Å². The van der Waals surface area contributed by atoms with Crippen LogP contribution in [0.2, 0.25) is 0 Å². The number of nitriles is 1. The summed E-state index contributed by atoms with van der Waals surface area (Å²) in [4.78, 5) is 20.3. The molecule has 7 heteroatoms. The van der Waals surface area contributed by atoms with Crippen molar-refractivity contribution in [1.29, 1.82) is 5.26 Å². The summed E-state index contributed by atoms with van der Waals surface area (Å²) >= 11 is 0. The Hall–Kier alpha value is -2.98. The Bertz CT molecular complexity index is 840. The fraction of sp³-hybridized carbons (Fsp3) is 0.350. The predicted molar refractivity (Wildman–Crippen MR) is 98.8 cm³/mol. The topological polar surface area (TPSA) is 69.5 Å². The fourth-order valence-corrected chi connectivity index (χ4v) is 3.05. The number of hydrogen-bond acceptors (Lipinski definition) is 6. The summed E-state index contributed by atoms with van der Waals surface area (Å²) in [5.74, 6) is 0.149. The first kappa shape index (κ1) is 18.8. The van der Waals surface area contributed by atoms with Crippen molar-refractivity contribution in [3.8, 4) is 6.07 Å². The molecule has 0 aliphatic carbocycles. The van der Waals surface area contributed by atoms with Gasteiger partial charge in [-0.1, -0.05) is 0 Å². The SMILES string of the molecule is CCOC(=O)c1ccc(N2CCN(Cc3cc(C#N)ccc3F)CC2)nc1. The van der Waals surface area contributed by atoms with Gasteiger partial charge in [0, 0.05) is 44.5 Å². The van der Waals surface area contributed by atoms with Gasteiger partial charge in [-0.05, 0) is 37.3 Å². The summed E-state index contributed by atoms with van der Waals surface area (Å²) in [5, 5.41) is 8.97. The lowest BCUT2D eigenvalue weighted by atomic mass is 10.1. The zero-order chi connectivity index (χ0) is 19.2. The van der Waals surface area contributed by atoms with Gasteiger partial charge in [0.05, 0.1) is 23.8 Å². The minimum absolute atomic E-state index is 0.285. The van der Waals surface area contributed by atoms with Crippen LogP contribution in [-0.4, -0.2) is 48.6 Å². The van der Waals surface area contributed by atoms with Crippen molar-refractivity contribution in [1.82, 2.24) is 9.88 Å². The molecule has 1 aromatic heterocycles. The number of carbonyl (C=O) groups is 1. The van der Waals surface area contributed by atoms with Crippen molar-refractivity contribution in [2.24, 2.45) is 0 Å². The van der Waals surface area contributed by atoms with Gasteiger partial charge in [-0.2, -0.15) is 5.26 Å². The number of esters is 1. The highest BCUT2D eigenvalue weighted by Crippen LogP contribution is 2.18. The average molecular weight is 368 g/mol. The van der Waals surface area contributed by atoms with E-state index in [-0.39, 0.29) is 11.8 Å². The number of carbonyl (C=O) groups excluding carboxylic acids is 1. The molecule has 1 aliphatic rings. The van der Waals surface area contributed by atoms with Gasteiger partial charge in [0.2, 0.25) is 0 Å². The smallest absolute Gasteiger partial charge is 0.339 e. The van der Waals surface area contributed by atoms with Crippen LogP contribution < -0.4 is 4.90 Å². The number of benzene rings is 1. The van der Waals surface area contributed by atoms with E-state index in [0.717, 1.165) is 32.0 Å². The number of halogens is 1. The first-order valence-electron chi connectivity index (χ1n) is 8.89. The Balaban J connectivity index is 1.57. The van der Waals surface area contributed by atoms with Crippen LogP contribution in [0.1, 0.15) is 28.4 Å². The van der Waals surface area contributed by atoms with E-state index in [1.165, 1.54) is 18.3 Å². The third-order valence-corrected chi connectivity index (χ3v) is 4.52. The van der Waals surface area contributed by atoms with E-state index in [9.17, 15) is 9.18 Å². The van der Waals surface area contributed by atoms with Crippen LogP contribution in [0.5, 0.6) is 0 Å². The third-order valence-electron chi connectivity index (χ3n) is 4.52. The standard InChI is InChI=1S/C20H21FN4O2/c1-2-27-20(26)16-4-6-19(23-13-16)25-9-7-24(8-10-25)14-17-11-15(12-22)3-5-18(17)21/h3-6,11,13H,2,7-10,14H2,1H3. The van der Waals surface area contributed by atoms with Crippen molar-refractivity contribution < 1.29 is 13.9 Å². The molecule has 2 heterocycles. The van der Waals surface area contributed by atoms with Crippen LogP contribution in [-0.2, 0) is 11.3 Å². The van der Waals surface area contributed by atoms with Gasteiger partial charge in [0.15, 0.2) is 0 Å². The van der Waals surface area contributed by atoms with Crippen LogP contribution in [0.3, 0.4) is 0 Å². The number of pyridine rings is 1. The molecule has 0 spiro atoms. The molecule has 1 fully saturated rings. The number of anilines is 1. The van der Waals surface area contributed by atoms with Crippen LogP contribution in [0.15, 0.2) is 36.5 Å². The van der Waals surface area contributed by atoms with E-state index in [1.807, 2.05) is 12.1 Å². The summed E-state index contributed by atoms with van der Waals surface area (Å²) in [7, 11) is 0. The summed E-state index contributed by atoms with van der Waals surface area (Å²) in [5.41, 5.74) is 1.45. The Morgan fingerprint density at radius 2 is 2.04 bits per heavy atom. The number of rotatable bonds is 5. The Labute approximate surface area is 157 Å². The maximum Gasteiger partial charge on any atom is 0.339 e. The normalized spacial score (nSPS) is 14.6. The Morgan fingerprint density at radius 3 is 2.67 bits per heavy atom. The molecule has 2 aromatic rings. The van der Waals surface area contributed by atoms with Crippen LogP contribution >= 0.6 is 0 Å². The molecule has 0 atom stereocenters. The lowest BCUT2D eigenvalue weighted by Crippen LogP contribution is -2.46. The van der Waals surface area contributed by atoms with Gasteiger partial charge in [0.1, 0.15) is 11.6 Å². The highest BCUT2D eigenvalue weighted by atomic mass is 19.1. The Kier molecular flexibility index (Phi) is 5.99. The van der Waals surface area contributed by atoms with Gasteiger partial charge in [-0.25, -0.2) is 14.2 Å². The molecule has 0 bridgehead atoms. The number of nitrogens with zero attached hydrogens (tertiary/aromatic N) is 4. The molecule has 0 radical (unpaired) electrons. The fourth-order valence-electron chi connectivity index (χ4n) is 3.05. The first-order valence-corrected chi connectivity index (χ1v) is 8.89. The minimum atomic E-state index is -0.372. The molecule has 3 rings (SSSR count). The number of ether oxygens (including phenoxy) is 1. The van der Waals surface area contributed by atoms with Gasteiger partial charge in [0.25, 0.3) is 0 Å². The second-order valence-electron chi connectivity index (χ2n) is 6.31. The lowest BCUT2D eigenvalue weighted by Gasteiger charge is -2.35.